The van der Waals surface area contributed by atoms with Crippen molar-refractivity contribution in [2.75, 3.05) is 4.90 Å². The summed E-state index contributed by atoms with van der Waals surface area (Å²) < 4.78 is 74.6. The number of benzene rings is 10. The van der Waals surface area contributed by atoms with Crippen LogP contribution in [0.4, 0.5) is 17.1 Å². The van der Waals surface area contributed by atoms with E-state index in [1.807, 2.05) is 42.5 Å². The first-order chi connectivity index (χ1) is 35.8. The fourth-order valence-corrected chi connectivity index (χ4v) is 16.6. The monoisotopic (exact) mass is 865 g/mol. The maximum Gasteiger partial charge on any atom is 0.180 e. The molecule has 0 saturated carbocycles. The highest BCUT2D eigenvalue weighted by atomic mass is 28.3. The summed E-state index contributed by atoms with van der Waals surface area (Å²) in [4.78, 5) is 2.29. The van der Waals surface area contributed by atoms with Gasteiger partial charge >= 0.3 is 0 Å². The van der Waals surface area contributed by atoms with E-state index in [1.54, 1.807) is 0 Å². The van der Waals surface area contributed by atoms with Crippen molar-refractivity contribution in [3.8, 4) is 33.4 Å². The van der Waals surface area contributed by atoms with Gasteiger partial charge in [-0.25, -0.2) is 0 Å². The van der Waals surface area contributed by atoms with Gasteiger partial charge in [0.2, 0.25) is 0 Å². The van der Waals surface area contributed by atoms with Gasteiger partial charge in [0.25, 0.3) is 0 Å². The van der Waals surface area contributed by atoms with Gasteiger partial charge in [0, 0.05) is 22.5 Å². The first-order valence-electron chi connectivity index (χ1n) is 26.6. The van der Waals surface area contributed by atoms with Gasteiger partial charge in [0.05, 0.1) is 16.4 Å². The summed E-state index contributed by atoms with van der Waals surface area (Å²) in [5.74, 6) is 0. The number of anilines is 3. The van der Waals surface area contributed by atoms with Crippen LogP contribution in [0.1, 0.15) is 58.2 Å². The smallest absolute Gasteiger partial charge is 0.180 e. The molecule has 0 saturated heterocycles. The van der Waals surface area contributed by atoms with Crippen molar-refractivity contribution < 1.29 is 11.0 Å². The Hall–Kier alpha value is -7.78. The molecule has 66 heavy (non-hydrogen) atoms. The number of fused-ring (bicyclic) bond motifs is 9. The molecule has 1 aliphatic heterocycles. The molecule has 0 bridgehead atoms. The molecule has 0 radical (unpaired) electrons. The molecular weight excluding hydrogens is 811 g/mol. The minimum absolute atomic E-state index is 0.132. The highest BCUT2D eigenvalue weighted by Crippen LogP contribution is 2.58. The predicted molar refractivity (Wildman–Crippen MR) is 279 cm³/mol. The molecular formula is C64H47NSi. The van der Waals surface area contributed by atoms with Crippen LogP contribution in [0.25, 0.3) is 33.4 Å². The second kappa shape index (κ2) is 14.6. The van der Waals surface area contributed by atoms with Gasteiger partial charge in [-0.3, -0.25) is 0 Å². The lowest BCUT2D eigenvalue weighted by molar-refractivity contribution is 0.660. The van der Waals surface area contributed by atoms with Crippen molar-refractivity contribution in [3.05, 3.63) is 282 Å². The predicted octanol–water partition coefficient (Wildman–Crippen LogP) is 13.2. The lowest BCUT2D eigenvalue weighted by Crippen LogP contribution is -2.72. The van der Waals surface area contributed by atoms with Gasteiger partial charge in [-0.1, -0.05) is 226 Å². The zero-order valence-electron chi connectivity index (χ0n) is 44.5. The Morgan fingerprint density at radius 2 is 0.818 bits per heavy atom. The van der Waals surface area contributed by atoms with Crippen LogP contribution in [0.15, 0.2) is 249 Å². The van der Waals surface area contributed by atoms with Crippen LogP contribution in [0.2, 0.25) is 0 Å². The number of hydrogen-bond acceptors (Lipinski definition) is 1. The van der Waals surface area contributed by atoms with Gasteiger partial charge < -0.3 is 4.90 Å². The normalized spacial score (nSPS) is 16.6. The van der Waals surface area contributed by atoms with E-state index in [0.717, 1.165) is 50.1 Å². The van der Waals surface area contributed by atoms with E-state index in [-0.39, 0.29) is 40.7 Å². The van der Waals surface area contributed by atoms with E-state index in [0.29, 0.717) is 15.6 Å². The molecule has 0 atom stereocenters. The summed E-state index contributed by atoms with van der Waals surface area (Å²) in [5.41, 5.74) is 13.6. The zero-order chi connectivity index (χ0) is 51.0. The molecule has 0 spiro atoms. The maximum absolute atomic E-state index is 9.79. The zero-order valence-corrected chi connectivity index (χ0v) is 37.5. The van der Waals surface area contributed by atoms with Crippen molar-refractivity contribution in [1.29, 1.82) is 0 Å². The lowest BCUT2D eigenvalue weighted by Gasteiger charge is -2.35. The van der Waals surface area contributed by atoms with Crippen molar-refractivity contribution in [2.45, 2.75) is 24.7 Å². The van der Waals surface area contributed by atoms with E-state index in [9.17, 15) is 5.48 Å². The molecule has 3 aliphatic rings. The van der Waals surface area contributed by atoms with Gasteiger partial charge in [0.1, 0.15) is 0 Å². The minimum Gasteiger partial charge on any atom is -0.310 e. The maximum atomic E-state index is 9.79. The summed E-state index contributed by atoms with van der Waals surface area (Å²) in [6, 6.07) is 67.2. The first kappa shape index (κ1) is 31.2. The van der Waals surface area contributed by atoms with Crippen molar-refractivity contribution >= 4 is 45.9 Å². The molecule has 0 unspecified atom stereocenters. The standard InChI is InChI=1S/C64H47NSi/c1-63(2)57-33-16-12-29-51(57)53-39-37-47(42-59(53)63)65(46-25-20-28-50(41-46)66(49-26-10-5-11-27-49)61-35-18-14-31-55(61)56-32-15-19-36-62(56)66)48-38-40-54-52-30-13-17-34-58(52)64(60(54)43-48,44-21-6-3-7-22-44)45-23-8-4-9-24-45/h3-43H,1-2H3/i14D,15D,18D,19D,31D,32D,35D,36D. The Labute approximate surface area is 400 Å². The average Bonchev–Trinajstić information content (AvgIpc) is 4.05. The fraction of sp³-hybridized carbons (Fsp3) is 0.0625. The summed E-state index contributed by atoms with van der Waals surface area (Å²) in [7, 11) is -4.07. The topological polar surface area (TPSA) is 3.24 Å². The molecule has 10 aromatic carbocycles. The Balaban J connectivity index is 1.13. The van der Waals surface area contributed by atoms with Gasteiger partial charge in [-0.15, -0.1) is 0 Å². The van der Waals surface area contributed by atoms with Crippen LogP contribution in [-0.2, 0) is 10.8 Å². The molecule has 312 valence electrons. The highest BCUT2D eigenvalue weighted by Gasteiger charge is 2.49. The molecule has 0 aromatic heterocycles. The molecule has 0 N–H and O–H groups in total. The second-order valence-corrected chi connectivity index (χ2v) is 21.8. The van der Waals surface area contributed by atoms with Crippen LogP contribution in [-0.4, -0.2) is 8.07 Å². The molecule has 1 heterocycles. The third kappa shape index (κ3) is 5.28. The van der Waals surface area contributed by atoms with E-state index in [4.69, 9.17) is 5.48 Å². The van der Waals surface area contributed by atoms with Crippen LogP contribution < -0.4 is 25.6 Å². The van der Waals surface area contributed by atoms with Gasteiger partial charge in [-0.2, -0.15) is 0 Å². The van der Waals surface area contributed by atoms with E-state index in [1.165, 1.54) is 27.8 Å². The number of rotatable bonds is 7. The molecule has 1 nitrogen and oxygen atoms in total. The Kier molecular flexibility index (Phi) is 6.90. The van der Waals surface area contributed by atoms with Crippen LogP contribution in [0.3, 0.4) is 0 Å². The van der Waals surface area contributed by atoms with Gasteiger partial charge in [0.15, 0.2) is 8.07 Å². The Morgan fingerprint density at radius 1 is 0.364 bits per heavy atom. The van der Waals surface area contributed by atoms with Crippen LogP contribution >= 0.6 is 0 Å². The third-order valence-corrected chi connectivity index (χ3v) is 19.3. The average molecular weight is 866 g/mol. The quantitative estimate of drug-likeness (QED) is 0.144. The van der Waals surface area contributed by atoms with Crippen LogP contribution in [0.5, 0.6) is 0 Å². The van der Waals surface area contributed by atoms with Crippen molar-refractivity contribution in [3.63, 3.8) is 0 Å². The number of hydrogen-bond donors (Lipinski definition) is 0. The minimum atomic E-state index is -4.07. The summed E-state index contributed by atoms with van der Waals surface area (Å²) in [6.07, 6.45) is 0. The van der Waals surface area contributed by atoms with E-state index in [2.05, 4.69) is 176 Å². The molecule has 0 amide bonds. The Morgan fingerprint density at radius 3 is 1.44 bits per heavy atom. The first-order valence-corrected chi connectivity index (χ1v) is 24.6. The summed E-state index contributed by atoms with van der Waals surface area (Å²) in [6.45, 7) is 4.56. The SMILES string of the molecule is [2H]c1c([2H])c([2H])c2c(c1[2H])-c1c([2H])c([2H])c([2H])c([2H])c1[Si]2(c1ccccc1)c1cccc(N(c2ccc3c(c2)C(C)(C)c2ccccc2-3)c2ccc3c(c2)C(c2ccccc2)(c2ccccc2)c2ccccc2-3)c1. The van der Waals surface area contributed by atoms with Gasteiger partial charge in [-0.05, 0) is 124 Å². The lowest BCUT2D eigenvalue weighted by atomic mass is 9.67. The van der Waals surface area contributed by atoms with Crippen molar-refractivity contribution in [2.24, 2.45) is 0 Å². The second-order valence-electron chi connectivity index (χ2n) is 18.2. The molecule has 10 aromatic rings. The number of nitrogens with zero attached hydrogens (tertiary/aromatic N) is 1. The Bertz CT molecular complexity index is 3880. The highest BCUT2D eigenvalue weighted by molar-refractivity contribution is 7.22. The van der Waals surface area contributed by atoms with E-state index < -0.39 is 37.7 Å². The molecule has 0 fully saturated rings. The molecule has 13 rings (SSSR count). The fourth-order valence-electron chi connectivity index (χ4n) is 11.8. The third-order valence-electron chi connectivity index (χ3n) is 14.6. The van der Waals surface area contributed by atoms with E-state index >= 15 is 0 Å². The summed E-state index contributed by atoms with van der Waals surface area (Å²) >= 11 is 0. The van der Waals surface area contributed by atoms with Crippen LogP contribution in [0, 0.1) is 0 Å². The summed E-state index contributed by atoms with van der Waals surface area (Å²) in [5, 5.41) is 2.10. The van der Waals surface area contributed by atoms with Crippen molar-refractivity contribution in [1.82, 2.24) is 0 Å². The molecule has 2 heteroatoms. The molecule has 2 aliphatic carbocycles. The largest absolute Gasteiger partial charge is 0.310 e.